The first-order valence-corrected chi connectivity index (χ1v) is 5.54. The lowest BCUT2D eigenvalue weighted by molar-refractivity contribution is 0.100. The van der Waals surface area contributed by atoms with Crippen LogP contribution in [0.1, 0.15) is 23.7 Å². The Morgan fingerprint density at radius 2 is 2.18 bits per heavy atom. The van der Waals surface area contributed by atoms with E-state index in [1.165, 1.54) is 0 Å². The van der Waals surface area contributed by atoms with Crippen molar-refractivity contribution in [1.82, 2.24) is 4.98 Å². The maximum Gasteiger partial charge on any atom is 0.248 e. The molecular weight excluding hydrogens is 216 g/mol. The molecular formula is C13H14N2O2. The average Bonchev–Trinajstić information content (AvgIpc) is 2.35. The van der Waals surface area contributed by atoms with Gasteiger partial charge in [-0.1, -0.05) is 6.92 Å². The molecule has 1 amide bonds. The second-order valence-electron chi connectivity index (χ2n) is 3.77. The van der Waals surface area contributed by atoms with Gasteiger partial charge in [-0.25, -0.2) is 4.98 Å². The molecule has 2 aromatic rings. The Hall–Kier alpha value is -2.10. The van der Waals surface area contributed by atoms with Gasteiger partial charge in [-0.3, -0.25) is 4.79 Å². The molecule has 0 fully saturated rings. The van der Waals surface area contributed by atoms with Gasteiger partial charge in [-0.15, -0.1) is 0 Å². The smallest absolute Gasteiger partial charge is 0.248 e. The average molecular weight is 230 g/mol. The van der Waals surface area contributed by atoms with Crippen LogP contribution in [0.3, 0.4) is 0 Å². The number of amides is 1. The number of aromatic nitrogens is 1. The summed E-state index contributed by atoms with van der Waals surface area (Å²) in [5.74, 6) is 0.171. The van der Waals surface area contributed by atoms with Gasteiger partial charge >= 0.3 is 0 Å². The number of carbonyl (C=O) groups is 1. The summed E-state index contributed by atoms with van der Waals surface area (Å²) in [6, 6.07) is 8.84. The topological polar surface area (TPSA) is 65.2 Å². The van der Waals surface area contributed by atoms with Crippen molar-refractivity contribution in [2.45, 2.75) is 13.3 Å². The minimum Gasteiger partial charge on any atom is -0.478 e. The van der Waals surface area contributed by atoms with E-state index in [4.69, 9.17) is 10.5 Å². The number of nitrogens with zero attached hydrogens (tertiary/aromatic N) is 1. The molecule has 0 unspecified atom stereocenters. The minimum absolute atomic E-state index is 0.432. The first-order chi connectivity index (χ1) is 8.20. The summed E-state index contributed by atoms with van der Waals surface area (Å²) in [5, 5.41) is 0.880. The van der Waals surface area contributed by atoms with Crippen LogP contribution < -0.4 is 10.5 Å². The van der Waals surface area contributed by atoms with Gasteiger partial charge in [-0.2, -0.15) is 0 Å². The molecule has 17 heavy (non-hydrogen) atoms. The van der Waals surface area contributed by atoms with Crippen LogP contribution in [0.25, 0.3) is 10.9 Å². The van der Waals surface area contributed by atoms with Crippen LogP contribution in [0.2, 0.25) is 0 Å². The van der Waals surface area contributed by atoms with Crippen LogP contribution in [0.15, 0.2) is 30.3 Å². The Morgan fingerprint density at radius 3 is 2.88 bits per heavy atom. The van der Waals surface area contributed by atoms with Gasteiger partial charge in [0.05, 0.1) is 12.1 Å². The molecule has 88 valence electrons. The number of hydrogen-bond acceptors (Lipinski definition) is 3. The van der Waals surface area contributed by atoms with Crippen LogP contribution in [0, 0.1) is 0 Å². The fraction of sp³-hybridized carbons (Fsp3) is 0.231. The summed E-state index contributed by atoms with van der Waals surface area (Å²) in [6.07, 6.45) is 0.945. The molecule has 4 heteroatoms. The van der Waals surface area contributed by atoms with Gasteiger partial charge in [-0.05, 0) is 30.7 Å². The van der Waals surface area contributed by atoms with Crippen LogP contribution in [0.4, 0.5) is 0 Å². The van der Waals surface area contributed by atoms with Crippen LogP contribution in [-0.2, 0) is 0 Å². The van der Waals surface area contributed by atoms with E-state index in [0.717, 1.165) is 17.3 Å². The van der Waals surface area contributed by atoms with E-state index in [2.05, 4.69) is 4.98 Å². The zero-order valence-electron chi connectivity index (χ0n) is 9.64. The minimum atomic E-state index is -0.432. The number of pyridine rings is 1. The zero-order valence-corrected chi connectivity index (χ0v) is 9.64. The number of rotatable bonds is 4. The number of carbonyl (C=O) groups excluding carboxylic acids is 1. The van der Waals surface area contributed by atoms with E-state index in [1.807, 2.05) is 13.0 Å². The van der Waals surface area contributed by atoms with Crippen molar-refractivity contribution in [3.63, 3.8) is 0 Å². The molecule has 0 saturated heterocycles. The molecule has 0 spiro atoms. The molecule has 2 N–H and O–H groups in total. The van der Waals surface area contributed by atoms with Crippen molar-refractivity contribution in [3.8, 4) is 5.88 Å². The number of fused-ring (bicyclic) bond motifs is 1. The predicted molar refractivity (Wildman–Crippen MR) is 66.0 cm³/mol. The molecule has 0 aliphatic rings. The van der Waals surface area contributed by atoms with Gasteiger partial charge in [0.1, 0.15) is 0 Å². The van der Waals surface area contributed by atoms with Gasteiger partial charge in [0, 0.05) is 17.0 Å². The van der Waals surface area contributed by atoms with Gasteiger partial charge in [0.2, 0.25) is 11.8 Å². The maximum absolute atomic E-state index is 11.0. The van der Waals surface area contributed by atoms with Crippen molar-refractivity contribution in [2.24, 2.45) is 5.73 Å². The summed E-state index contributed by atoms with van der Waals surface area (Å²) < 4.78 is 5.44. The van der Waals surface area contributed by atoms with E-state index in [9.17, 15) is 4.79 Å². The van der Waals surface area contributed by atoms with Crippen molar-refractivity contribution < 1.29 is 9.53 Å². The van der Waals surface area contributed by atoms with E-state index >= 15 is 0 Å². The normalized spacial score (nSPS) is 10.4. The van der Waals surface area contributed by atoms with Crippen LogP contribution in [-0.4, -0.2) is 17.5 Å². The van der Waals surface area contributed by atoms with Gasteiger partial charge in [0.15, 0.2) is 0 Å². The second kappa shape index (κ2) is 4.82. The number of benzene rings is 1. The Bertz CT molecular complexity index is 552. The van der Waals surface area contributed by atoms with E-state index in [0.29, 0.717) is 18.1 Å². The molecule has 1 aromatic carbocycles. The lowest BCUT2D eigenvalue weighted by Crippen LogP contribution is -2.10. The third kappa shape index (κ3) is 2.53. The fourth-order valence-corrected chi connectivity index (χ4v) is 1.55. The Kier molecular flexibility index (Phi) is 3.23. The lowest BCUT2D eigenvalue weighted by atomic mass is 10.1. The molecule has 0 aliphatic carbocycles. The first-order valence-electron chi connectivity index (χ1n) is 5.54. The molecule has 0 atom stereocenters. The summed E-state index contributed by atoms with van der Waals surface area (Å²) in [6.45, 7) is 2.69. The highest BCUT2D eigenvalue weighted by atomic mass is 16.5. The van der Waals surface area contributed by atoms with Crippen molar-refractivity contribution in [3.05, 3.63) is 35.9 Å². The Labute approximate surface area is 99.4 Å². The van der Waals surface area contributed by atoms with Crippen molar-refractivity contribution in [1.29, 1.82) is 0 Å². The van der Waals surface area contributed by atoms with E-state index < -0.39 is 5.91 Å². The quantitative estimate of drug-likeness (QED) is 0.874. The monoisotopic (exact) mass is 230 g/mol. The van der Waals surface area contributed by atoms with Crippen molar-refractivity contribution >= 4 is 16.8 Å². The number of primary amides is 1. The highest BCUT2D eigenvalue weighted by Gasteiger charge is 2.03. The molecule has 0 saturated carbocycles. The lowest BCUT2D eigenvalue weighted by Gasteiger charge is -2.05. The van der Waals surface area contributed by atoms with Gasteiger partial charge < -0.3 is 10.5 Å². The van der Waals surface area contributed by atoms with Crippen molar-refractivity contribution in [2.75, 3.05) is 6.61 Å². The standard InChI is InChI=1S/C13H14N2O2/c1-2-7-17-12-6-4-9-8-10(13(14)16)3-5-11(9)15-12/h3-6,8H,2,7H2,1H3,(H2,14,16). The highest BCUT2D eigenvalue weighted by Crippen LogP contribution is 2.18. The number of ether oxygens (including phenoxy) is 1. The zero-order chi connectivity index (χ0) is 12.3. The Morgan fingerprint density at radius 1 is 1.35 bits per heavy atom. The third-order valence-electron chi connectivity index (χ3n) is 2.40. The predicted octanol–water partition coefficient (Wildman–Crippen LogP) is 2.12. The molecule has 0 bridgehead atoms. The molecule has 4 nitrogen and oxygen atoms in total. The van der Waals surface area contributed by atoms with Gasteiger partial charge in [0.25, 0.3) is 0 Å². The van der Waals surface area contributed by atoms with E-state index in [-0.39, 0.29) is 0 Å². The summed E-state index contributed by atoms with van der Waals surface area (Å²) in [5.41, 5.74) is 6.50. The SMILES string of the molecule is CCCOc1ccc2cc(C(N)=O)ccc2n1. The third-order valence-corrected chi connectivity index (χ3v) is 2.40. The largest absolute Gasteiger partial charge is 0.478 e. The maximum atomic E-state index is 11.0. The van der Waals surface area contributed by atoms with E-state index in [1.54, 1.807) is 24.3 Å². The summed E-state index contributed by atoms with van der Waals surface area (Å²) >= 11 is 0. The molecule has 0 aliphatic heterocycles. The molecule has 1 heterocycles. The fourth-order valence-electron chi connectivity index (χ4n) is 1.55. The van der Waals surface area contributed by atoms with Crippen LogP contribution in [0.5, 0.6) is 5.88 Å². The highest BCUT2D eigenvalue weighted by molar-refractivity contribution is 5.96. The van der Waals surface area contributed by atoms with Crippen LogP contribution >= 0.6 is 0 Å². The summed E-state index contributed by atoms with van der Waals surface area (Å²) in [7, 11) is 0. The first kappa shape index (κ1) is 11.4. The second-order valence-corrected chi connectivity index (χ2v) is 3.77. The molecule has 1 aromatic heterocycles. The number of hydrogen-bond donors (Lipinski definition) is 1. The Balaban J connectivity index is 2.36. The summed E-state index contributed by atoms with van der Waals surface area (Å²) in [4.78, 5) is 15.4. The molecule has 2 rings (SSSR count). The molecule has 0 radical (unpaired) electrons. The number of nitrogens with two attached hydrogens (primary N) is 1.